The van der Waals surface area contributed by atoms with E-state index < -0.39 is 0 Å². The second kappa shape index (κ2) is 8.65. The summed E-state index contributed by atoms with van der Waals surface area (Å²) in [5.41, 5.74) is 8.02. The van der Waals surface area contributed by atoms with E-state index in [1.54, 1.807) is 0 Å². The first-order valence-electron chi connectivity index (χ1n) is 13.8. The number of pyridine rings is 1. The first-order chi connectivity index (χ1) is 20.3. The van der Waals surface area contributed by atoms with E-state index in [9.17, 15) is 0 Å². The van der Waals surface area contributed by atoms with Crippen LogP contribution < -0.4 is 4.90 Å². The molecule has 0 spiro atoms. The van der Waals surface area contributed by atoms with E-state index in [2.05, 4.69) is 130 Å². The summed E-state index contributed by atoms with van der Waals surface area (Å²) < 4.78 is 2.66. The summed E-state index contributed by atoms with van der Waals surface area (Å²) in [6.07, 6.45) is 3.72. The van der Waals surface area contributed by atoms with Gasteiger partial charge in [-0.1, -0.05) is 66.7 Å². The average Bonchev–Trinajstić information content (AvgIpc) is 3.61. The molecule has 192 valence electrons. The number of H-pyrrole nitrogens is 1. The first-order valence-corrected chi connectivity index (χ1v) is 14.6. The highest BCUT2D eigenvalue weighted by atomic mass is 32.1. The number of thiophene rings is 1. The van der Waals surface area contributed by atoms with Crippen molar-refractivity contribution in [2.45, 2.75) is 0 Å². The predicted octanol–water partition coefficient (Wildman–Crippen LogP) is 10.8. The number of rotatable bonds is 4. The Balaban J connectivity index is 1.27. The van der Waals surface area contributed by atoms with Gasteiger partial charge in [0.25, 0.3) is 0 Å². The van der Waals surface area contributed by atoms with Crippen LogP contribution in [0.5, 0.6) is 0 Å². The Morgan fingerprint density at radius 2 is 1.37 bits per heavy atom. The van der Waals surface area contributed by atoms with Crippen molar-refractivity contribution in [1.82, 2.24) is 9.97 Å². The van der Waals surface area contributed by atoms with E-state index in [0.717, 1.165) is 33.7 Å². The van der Waals surface area contributed by atoms with Crippen LogP contribution in [0.3, 0.4) is 0 Å². The molecular weight excluding hydrogens is 518 g/mol. The summed E-state index contributed by atoms with van der Waals surface area (Å²) in [6.45, 7) is 0. The smallest absolute Gasteiger partial charge is 0.0652 e. The number of benzene rings is 6. The number of nitrogens with one attached hydrogen (secondary N) is 1. The zero-order chi connectivity index (χ0) is 26.9. The minimum Gasteiger partial charge on any atom is -0.353 e. The summed E-state index contributed by atoms with van der Waals surface area (Å²) in [5.74, 6) is 0. The van der Waals surface area contributed by atoms with Crippen molar-refractivity contribution in [2.75, 3.05) is 4.90 Å². The second-order valence-electron chi connectivity index (χ2n) is 10.6. The predicted molar refractivity (Wildman–Crippen MR) is 175 cm³/mol. The summed E-state index contributed by atoms with van der Waals surface area (Å²) in [6, 6.07) is 43.7. The summed E-state index contributed by atoms with van der Waals surface area (Å²) in [5, 5.41) is 7.82. The van der Waals surface area contributed by atoms with Gasteiger partial charge in [0.1, 0.15) is 0 Å². The van der Waals surface area contributed by atoms with Crippen LogP contribution in [-0.2, 0) is 0 Å². The van der Waals surface area contributed by atoms with Gasteiger partial charge in [0.15, 0.2) is 0 Å². The van der Waals surface area contributed by atoms with Crippen LogP contribution in [0.1, 0.15) is 0 Å². The van der Waals surface area contributed by atoms with E-state index in [1.807, 2.05) is 29.8 Å². The molecule has 0 saturated heterocycles. The number of aromatic amines is 1. The first kappa shape index (κ1) is 22.6. The molecule has 0 aliphatic rings. The van der Waals surface area contributed by atoms with Gasteiger partial charge in [-0.3, -0.25) is 4.98 Å². The number of para-hydroxylation sites is 1. The third-order valence-corrected chi connectivity index (χ3v) is 9.40. The molecule has 0 aliphatic heterocycles. The number of fused-ring (bicyclic) bond motifs is 4. The Hall–Kier alpha value is -5.19. The molecule has 0 fully saturated rings. The zero-order valence-corrected chi connectivity index (χ0v) is 22.8. The van der Waals surface area contributed by atoms with Gasteiger partial charge in [-0.15, -0.1) is 11.3 Å². The molecule has 0 unspecified atom stereocenters. The Kier molecular flexibility index (Phi) is 4.77. The summed E-state index contributed by atoms with van der Waals surface area (Å²) in [4.78, 5) is 10.5. The molecule has 0 aliphatic carbocycles. The third-order valence-electron chi connectivity index (χ3n) is 8.20. The van der Waals surface area contributed by atoms with E-state index in [0.29, 0.717) is 0 Å². The lowest BCUT2D eigenvalue weighted by atomic mass is 9.99. The highest BCUT2D eigenvalue weighted by Gasteiger charge is 2.20. The number of hydrogen-bond acceptors (Lipinski definition) is 3. The molecule has 3 aromatic heterocycles. The maximum absolute atomic E-state index is 4.30. The molecule has 1 N–H and O–H groups in total. The van der Waals surface area contributed by atoms with Crippen LogP contribution in [0.2, 0.25) is 0 Å². The minimum atomic E-state index is 1.11. The van der Waals surface area contributed by atoms with Gasteiger partial charge in [-0.2, -0.15) is 0 Å². The van der Waals surface area contributed by atoms with Gasteiger partial charge in [0, 0.05) is 61.2 Å². The van der Waals surface area contributed by atoms with E-state index in [4.69, 9.17) is 0 Å². The van der Waals surface area contributed by atoms with Crippen molar-refractivity contribution in [1.29, 1.82) is 0 Å². The molecule has 0 saturated carbocycles. The average molecular weight is 542 g/mol. The van der Waals surface area contributed by atoms with Crippen molar-refractivity contribution >= 4 is 81.1 Å². The van der Waals surface area contributed by atoms with Crippen molar-refractivity contribution < 1.29 is 0 Å². The van der Waals surface area contributed by atoms with Crippen molar-refractivity contribution in [3.8, 4) is 11.1 Å². The molecule has 6 aromatic carbocycles. The molecule has 0 radical (unpaired) electrons. The Morgan fingerprint density at radius 1 is 0.585 bits per heavy atom. The molecule has 0 amide bonds. The van der Waals surface area contributed by atoms with E-state index in [1.165, 1.54) is 47.2 Å². The highest BCUT2D eigenvalue weighted by molar-refractivity contribution is 7.26. The number of anilines is 3. The van der Waals surface area contributed by atoms with Crippen molar-refractivity contribution in [3.63, 3.8) is 0 Å². The molecule has 9 rings (SSSR count). The zero-order valence-electron chi connectivity index (χ0n) is 22.0. The molecule has 3 nitrogen and oxygen atoms in total. The largest absolute Gasteiger partial charge is 0.353 e. The SMILES string of the molecule is c1ccc(N(c2ccc(-c3cccnc3)cc2)c2cc3ccc4cc5c6ccccc6sc5c5[nH]c(c2)c3c45)cc1. The fourth-order valence-electron chi connectivity index (χ4n) is 6.36. The molecule has 0 atom stereocenters. The molecule has 4 heteroatoms. The lowest BCUT2D eigenvalue weighted by molar-refractivity contribution is 1.29. The van der Waals surface area contributed by atoms with E-state index in [-0.39, 0.29) is 0 Å². The molecule has 0 bridgehead atoms. The van der Waals surface area contributed by atoms with Crippen LogP contribution >= 0.6 is 11.3 Å². The summed E-state index contributed by atoms with van der Waals surface area (Å²) >= 11 is 1.88. The normalized spacial score (nSPS) is 11.9. The Bertz CT molecular complexity index is 2350. The van der Waals surface area contributed by atoms with Crippen molar-refractivity contribution in [3.05, 3.63) is 134 Å². The Morgan fingerprint density at radius 3 is 2.20 bits per heavy atom. The summed E-state index contributed by atoms with van der Waals surface area (Å²) in [7, 11) is 0. The van der Waals surface area contributed by atoms with Gasteiger partial charge in [0.05, 0.1) is 10.2 Å². The van der Waals surface area contributed by atoms with Gasteiger partial charge in [-0.05, 0) is 76.5 Å². The van der Waals surface area contributed by atoms with Crippen molar-refractivity contribution in [2.24, 2.45) is 0 Å². The van der Waals surface area contributed by atoms with Gasteiger partial charge in [-0.25, -0.2) is 0 Å². The second-order valence-corrected chi connectivity index (χ2v) is 11.6. The molecule has 3 heterocycles. The van der Waals surface area contributed by atoms with Crippen LogP contribution in [0.25, 0.3) is 63.9 Å². The molecular formula is C37H23N3S. The van der Waals surface area contributed by atoms with Crippen LogP contribution in [-0.4, -0.2) is 9.97 Å². The third kappa shape index (κ3) is 3.41. The van der Waals surface area contributed by atoms with Gasteiger partial charge < -0.3 is 9.88 Å². The standard InChI is InChI=1S/C37H23N3S/c1-2-8-27(9-3-1)40(28-16-14-23(15-17-28)26-7-6-18-38-22-26)29-19-24-12-13-25-20-31-30-10-4-5-11-33(30)41-37(31)36-35(25)34(24)32(21-29)39-36/h1-22,39H. The van der Waals surface area contributed by atoms with Crippen LogP contribution in [0.15, 0.2) is 134 Å². The lowest BCUT2D eigenvalue weighted by Gasteiger charge is -2.26. The van der Waals surface area contributed by atoms with E-state index >= 15 is 0 Å². The number of nitrogens with zero attached hydrogens (tertiary/aromatic N) is 2. The number of hydrogen-bond donors (Lipinski definition) is 1. The fraction of sp³-hybridized carbons (Fsp3) is 0. The topological polar surface area (TPSA) is 31.9 Å². The van der Waals surface area contributed by atoms with Crippen LogP contribution in [0.4, 0.5) is 17.1 Å². The quantitative estimate of drug-likeness (QED) is 0.225. The molecule has 41 heavy (non-hydrogen) atoms. The lowest BCUT2D eigenvalue weighted by Crippen LogP contribution is -2.09. The maximum Gasteiger partial charge on any atom is 0.0652 e. The van der Waals surface area contributed by atoms with Gasteiger partial charge in [0.2, 0.25) is 0 Å². The minimum absolute atomic E-state index is 1.11. The monoisotopic (exact) mass is 541 g/mol. The molecule has 9 aromatic rings. The Labute approximate surface area is 240 Å². The van der Waals surface area contributed by atoms with Crippen LogP contribution in [0, 0.1) is 0 Å². The fourth-order valence-corrected chi connectivity index (χ4v) is 7.55. The highest BCUT2D eigenvalue weighted by Crippen LogP contribution is 2.46. The number of aromatic nitrogens is 2. The van der Waals surface area contributed by atoms with Gasteiger partial charge >= 0.3 is 0 Å². The maximum atomic E-state index is 4.30.